The normalized spacial score (nSPS) is 45.3. The highest BCUT2D eigenvalue weighted by molar-refractivity contribution is 5.83. The fraction of sp³-hybridized carbons (Fsp3) is 0.655. The van der Waals surface area contributed by atoms with E-state index >= 15 is 0 Å². The first kappa shape index (κ1) is 26.4. The summed E-state index contributed by atoms with van der Waals surface area (Å²) < 4.78 is 30.6. The molecule has 0 amide bonds. The molecule has 0 aromatic heterocycles. The zero-order valence-corrected chi connectivity index (χ0v) is 22.1. The van der Waals surface area contributed by atoms with Gasteiger partial charge in [0.1, 0.15) is 24.4 Å². The molecule has 3 aliphatic heterocycles. The van der Waals surface area contributed by atoms with Gasteiger partial charge in [-0.25, -0.2) is 9.59 Å². The Bertz CT molecular complexity index is 1050. The van der Waals surface area contributed by atoms with Crippen molar-refractivity contribution < 1.29 is 38.4 Å². The van der Waals surface area contributed by atoms with E-state index in [1.165, 1.54) is 17.7 Å². The van der Waals surface area contributed by atoms with E-state index in [4.69, 9.17) is 23.7 Å². The van der Waals surface area contributed by atoms with Crippen LogP contribution in [0.2, 0.25) is 0 Å². The molecule has 2 spiro atoms. The van der Waals surface area contributed by atoms with Crippen LogP contribution in [0.4, 0.5) is 0 Å². The van der Waals surface area contributed by atoms with E-state index in [2.05, 4.69) is 19.9 Å². The van der Waals surface area contributed by atoms with Crippen molar-refractivity contribution in [1.29, 1.82) is 0 Å². The number of epoxide rings is 1. The first-order valence-electron chi connectivity index (χ1n) is 13.3. The number of cyclic esters (lactones) is 1. The predicted molar refractivity (Wildman–Crippen MR) is 134 cm³/mol. The van der Waals surface area contributed by atoms with Crippen molar-refractivity contribution in [2.24, 2.45) is 10.8 Å². The molecule has 37 heavy (non-hydrogen) atoms. The average Bonchev–Trinajstić information content (AvgIpc) is 3.61. The molecule has 5 aliphatic rings. The molecule has 1 saturated carbocycles. The lowest BCUT2D eigenvalue weighted by Gasteiger charge is -2.58. The van der Waals surface area contributed by atoms with Crippen molar-refractivity contribution in [1.82, 2.24) is 0 Å². The Balaban J connectivity index is 1.51. The number of ether oxygens (including phenoxy) is 5. The van der Waals surface area contributed by atoms with Crippen LogP contribution in [0.1, 0.15) is 53.4 Å². The Hall–Kier alpha value is -2.26. The maximum absolute atomic E-state index is 12.9. The second-order valence-electron chi connectivity index (χ2n) is 11.4. The van der Waals surface area contributed by atoms with Crippen LogP contribution in [0, 0.1) is 10.8 Å². The third kappa shape index (κ3) is 4.42. The molecular formula is C29H38O8. The highest BCUT2D eigenvalue weighted by Crippen LogP contribution is 2.72. The summed E-state index contributed by atoms with van der Waals surface area (Å²) >= 11 is 0. The third-order valence-corrected chi connectivity index (χ3v) is 9.24. The van der Waals surface area contributed by atoms with E-state index in [0.29, 0.717) is 26.1 Å². The molecule has 202 valence electrons. The van der Waals surface area contributed by atoms with Gasteiger partial charge in [0, 0.05) is 24.0 Å². The van der Waals surface area contributed by atoms with Gasteiger partial charge in [0.15, 0.2) is 0 Å². The van der Waals surface area contributed by atoms with E-state index in [-0.39, 0.29) is 18.8 Å². The molecular weight excluding hydrogens is 476 g/mol. The van der Waals surface area contributed by atoms with Crippen LogP contribution in [-0.2, 0) is 33.3 Å². The molecule has 0 aromatic rings. The summed E-state index contributed by atoms with van der Waals surface area (Å²) in [6.45, 7) is 8.73. The second kappa shape index (κ2) is 9.80. The predicted octanol–water partition coefficient (Wildman–Crippen LogP) is 3.34. The minimum Gasteiger partial charge on any atom is -0.462 e. The zero-order chi connectivity index (χ0) is 26.4. The van der Waals surface area contributed by atoms with Crippen LogP contribution in [0.3, 0.4) is 0 Å². The van der Waals surface area contributed by atoms with Gasteiger partial charge >= 0.3 is 11.9 Å². The van der Waals surface area contributed by atoms with E-state index in [0.717, 1.165) is 18.4 Å². The van der Waals surface area contributed by atoms with E-state index in [1.54, 1.807) is 25.2 Å². The fourth-order valence-corrected chi connectivity index (χ4v) is 6.85. The summed E-state index contributed by atoms with van der Waals surface area (Å²) in [5.41, 5.74) is 0.318. The lowest BCUT2D eigenvalue weighted by molar-refractivity contribution is -0.232. The van der Waals surface area contributed by atoms with Crippen LogP contribution in [0.15, 0.2) is 47.6 Å². The topological polar surface area (TPSA) is 104 Å². The molecule has 8 heteroatoms. The first-order chi connectivity index (χ1) is 17.6. The number of carbonyl (C=O) groups is 2. The molecule has 8 atom stereocenters. The Morgan fingerprint density at radius 3 is 2.57 bits per heavy atom. The summed E-state index contributed by atoms with van der Waals surface area (Å²) in [5.74, 6) is -0.879. The summed E-state index contributed by atoms with van der Waals surface area (Å²) in [6, 6.07) is 0. The smallest absolute Gasteiger partial charge is 0.331 e. The highest BCUT2D eigenvalue weighted by Gasteiger charge is 2.83. The van der Waals surface area contributed by atoms with Crippen LogP contribution in [-0.4, -0.2) is 73.0 Å². The summed E-state index contributed by atoms with van der Waals surface area (Å²) in [7, 11) is 0. The molecule has 0 unspecified atom stereocenters. The van der Waals surface area contributed by atoms with Gasteiger partial charge < -0.3 is 28.8 Å². The summed E-state index contributed by atoms with van der Waals surface area (Å²) in [5, 5.41) is 10.0. The summed E-state index contributed by atoms with van der Waals surface area (Å²) in [4.78, 5) is 25.9. The van der Waals surface area contributed by atoms with Crippen LogP contribution >= 0.6 is 0 Å². The average molecular weight is 515 g/mol. The van der Waals surface area contributed by atoms with Crippen LogP contribution < -0.4 is 0 Å². The lowest BCUT2D eigenvalue weighted by Crippen LogP contribution is -2.66. The molecule has 1 N–H and O–H groups in total. The SMILES string of the molecule is CC1=C[C@H]2O[C@@H]3C[C@H]4OC(=O)C=C/C=C\[C@H]([C@@H](C)O)OCC/C(C)=C\C(=O)OC[C@@]2(CC1)[C@]4(C)[C@]31CO1. The number of allylic oxidation sites excluding steroid dienone is 3. The molecule has 0 radical (unpaired) electrons. The number of hydrogen-bond donors (Lipinski definition) is 1. The number of rotatable bonds is 1. The number of aliphatic hydroxyl groups is 1. The van der Waals surface area contributed by atoms with E-state index in [9.17, 15) is 14.7 Å². The molecule has 2 aliphatic carbocycles. The Morgan fingerprint density at radius 1 is 1.05 bits per heavy atom. The summed E-state index contributed by atoms with van der Waals surface area (Å²) in [6.07, 6.45) is 10.5. The van der Waals surface area contributed by atoms with Gasteiger partial charge in [0.25, 0.3) is 0 Å². The fourth-order valence-electron chi connectivity index (χ4n) is 6.85. The number of hydrogen-bond acceptors (Lipinski definition) is 8. The standard InChI is InChI=1S/C29H38O8/c1-18-9-11-28-16-34-26(32)14-19(2)10-12-33-21(20(3)30)7-5-6-8-25(31)37-22-15-24(36-23(28)13-18)29(17-35-29)27(22,28)4/h5-8,13-14,20-24,30H,9-12,15-17H2,1-4H3/b7-5-,8-6?,19-14-/t20-,21-,22-,23-,24-,27-,28-,29+/m1/s1. The molecule has 2 saturated heterocycles. The van der Waals surface area contributed by atoms with E-state index < -0.39 is 46.7 Å². The van der Waals surface area contributed by atoms with Crippen molar-refractivity contribution >= 4 is 11.9 Å². The van der Waals surface area contributed by atoms with Gasteiger partial charge in [0.2, 0.25) is 0 Å². The van der Waals surface area contributed by atoms with Gasteiger partial charge in [-0.2, -0.15) is 0 Å². The first-order valence-corrected chi connectivity index (χ1v) is 13.3. The molecule has 2 bridgehead atoms. The molecule has 0 aromatic carbocycles. The molecule has 5 rings (SSSR count). The molecule has 3 heterocycles. The van der Waals surface area contributed by atoms with Gasteiger partial charge in [0.05, 0.1) is 36.9 Å². The Morgan fingerprint density at radius 2 is 1.84 bits per heavy atom. The minimum absolute atomic E-state index is 0.144. The maximum Gasteiger partial charge on any atom is 0.331 e. The monoisotopic (exact) mass is 514 g/mol. The third-order valence-electron chi connectivity index (χ3n) is 9.24. The largest absolute Gasteiger partial charge is 0.462 e. The van der Waals surface area contributed by atoms with Gasteiger partial charge in [-0.3, -0.25) is 0 Å². The van der Waals surface area contributed by atoms with Crippen LogP contribution in [0.25, 0.3) is 0 Å². The van der Waals surface area contributed by atoms with Crippen molar-refractivity contribution in [2.75, 3.05) is 19.8 Å². The van der Waals surface area contributed by atoms with Crippen molar-refractivity contribution in [3.05, 3.63) is 47.6 Å². The van der Waals surface area contributed by atoms with Gasteiger partial charge in [-0.15, -0.1) is 0 Å². The van der Waals surface area contributed by atoms with Gasteiger partial charge in [-0.1, -0.05) is 42.4 Å². The minimum atomic E-state index is -0.735. The van der Waals surface area contributed by atoms with Crippen LogP contribution in [0.5, 0.6) is 0 Å². The highest BCUT2D eigenvalue weighted by atomic mass is 16.6. The van der Waals surface area contributed by atoms with Gasteiger partial charge in [-0.05, 0) is 40.0 Å². The number of aliphatic hydroxyl groups excluding tert-OH is 1. The Kier molecular flexibility index (Phi) is 6.98. The second-order valence-corrected chi connectivity index (χ2v) is 11.4. The number of esters is 2. The maximum atomic E-state index is 12.9. The Labute approximate surface area is 218 Å². The molecule has 8 nitrogen and oxygen atoms in total. The van der Waals surface area contributed by atoms with Crippen molar-refractivity contribution in [3.8, 4) is 0 Å². The number of carbonyl (C=O) groups excluding carboxylic acids is 2. The van der Waals surface area contributed by atoms with E-state index in [1.807, 2.05) is 6.92 Å². The quantitative estimate of drug-likeness (QED) is 0.323. The molecule has 3 fully saturated rings. The van der Waals surface area contributed by atoms with Crippen molar-refractivity contribution in [3.63, 3.8) is 0 Å². The lowest BCUT2D eigenvalue weighted by atomic mass is 9.51. The zero-order valence-electron chi connectivity index (χ0n) is 22.1. The van der Waals surface area contributed by atoms with Crippen molar-refractivity contribution in [2.45, 2.75) is 89.5 Å².